The van der Waals surface area contributed by atoms with Crippen molar-refractivity contribution in [2.75, 3.05) is 7.11 Å². The SMILES string of the molecule is COc1ccc(N=C2NC(=O)/C(=C\c3cc(C)n(-c4ccc(Br)c(Cl)c4)c3C)S2)cc1. The van der Waals surface area contributed by atoms with Crippen LogP contribution in [0.4, 0.5) is 5.69 Å². The van der Waals surface area contributed by atoms with Gasteiger partial charge in [-0.15, -0.1) is 0 Å². The van der Waals surface area contributed by atoms with Crippen LogP contribution in [0.15, 0.2) is 62.9 Å². The summed E-state index contributed by atoms with van der Waals surface area (Å²) >= 11 is 11.0. The number of hydrogen-bond acceptors (Lipinski definition) is 4. The third kappa shape index (κ3) is 4.59. The smallest absolute Gasteiger partial charge is 0.264 e. The number of nitrogens with one attached hydrogen (secondary N) is 1. The van der Waals surface area contributed by atoms with Gasteiger partial charge in [-0.3, -0.25) is 4.79 Å². The lowest BCUT2D eigenvalue weighted by atomic mass is 10.2. The second-order valence-corrected chi connectivity index (χ2v) is 9.23. The first-order valence-electron chi connectivity index (χ1n) is 9.43. The summed E-state index contributed by atoms with van der Waals surface area (Å²) in [7, 11) is 1.62. The van der Waals surface area contributed by atoms with Crippen LogP contribution >= 0.6 is 39.3 Å². The van der Waals surface area contributed by atoms with Crippen LogP contribution < -0.4 is 10.1 Å². The molecular weight excluding hydrogens is 498 g/mol. The molecule has 8 heteroatoms. The number of aromatic nitrogens is 1. The molecule has 1 aliphatic rings. The molecule has 5 nitrogen and oxygen atoms in total. The van der Waals surface area contributed by atoms with Gasteiger partial charge in [-0.25, -0.2) is 4.99 Å². The zero-order chi connectivity index (χ0) is 22.1. The third-order valence-electron chi connectivity index (χ3n) is 4.87. The van der Waals surface area contributed by atoms with Crippen molar-refractivity contribution in [3.8, 4) is 11.4 Å². The molecule has 0 unspecified atom stereocenters. The van der Waals surface area contributed by atoms with E-state index in [2.05, 4.69) is 36.9 Å². The van der Waals surface area contributed by atoms with Crippen molar-refractivity contribution in [3.05, 3.63) is 79.9 Å². The van der Waals surface area contributed by atoms with Crippen molar-refractivity contribution >= 4 is 62.1 Å². The van der Waals surface area contributed by atoms with E-state index in [4.69, 9.17) is 16.3 Å². The molecule has 0 saturated carbocycles. The predicted molar refractivity (Wildman–Crippen MR) is 132 cm³/mol. The summed E-state index contributed by atoms with van der Waals surface area (Å²) in [6.07, 6.45) is 1.90. The Labute approximate surface area is 198 Å². The molecule has 2 aromatic carbocycles. The van der Waals surface area contributed by atoms with Crippen LogP contribution in [0.3, 0.4) is 0 Å². The molecular formula is C23H19BrClN3O2S. The van der Waals surface area contributed by atoms with E-state index in [1.165, 1.54) is 11.8 Å². The van der Waals surface area contributed by atoms with E-state index in [9.17, 15) is 4.79 Å². The van der Waals surface area contributed by atoms with Gasteiger partial charge in [0.2, 0.25) is 0 Å². The first-order chi connectivity index (χ1) is 14.9. The summed E-state index contributed by atoms with van der Waals surface area (Å²) in [5.41, 5.74) is 4.77. The lowest BCUT2D eigenvalue weighted by Gasteiger charge is -2.10. The summed E-state index contributed by atoms with van der Waals surface area (Å²) in [6.45, 7) is 4.06. The summed E-state index contributed by atoms with van der Waals surface area (Å²) in [6, 6.07) is 15.3. The van der Waals surface area contributed by atoms with Crippen molar-refractivity contribution in [2.45, 2.75) is 13.8 Å². The molecule has 3 aromatic rings. The highest BCUT2D eigenvalue weighted by atomic mass is 79.9. The molecule has 1 aromatic heterocycles. The highest BCUT2D eigenvalue weighted by Gasteiger charge is 2.24. The zero-order valence-corrected chi connectivity index (χ0v) is 20.2. The van der Waals surface area contributed by atoms with Crippen molar-refractivity contribution in [2.24, 2.45) is 4.99 Å². The number of halogens is 2. The minimum absolute atomic E-state index is 0.159. The summed E-state index contributed by atoms with van der Waals surface area (Å²) in [4.78, 5) is 17.6. The maximum atomic E-state index is 12.5. The van der Waals surface area contributed by atoms with Crippen LogP contribution in [-0.2, 0) is 4.79 Å². The largest absolute Gasteiger partial charge is 0.497 e. The van der Waals surface area contributed by atoms with Crippen molar-refractivity contribution in [3.63, 3.8) is 0 Å². The molecule has 0 bridgehead atoms. The van der Waals surface area contributed by atoms with E-state index in [-0.39, 0.29) is 5.91 Å². The maximum absolute atomic E-state index is 12.5. The molecule has 31 heavy (non-hydrogen) atoms. The normalized spacial score (nSPS) is 16.2. The molecule has 1 N–H and O–H groups in total. The number of methoxy groups -OCH3 is 1. The molecule has 1 saturated heterocycles. The van der Waals surface area contributed by atoms with Crippen LogP contribution in [0.25, 0.3) is 11.8 Å². The Bertz CT molecular complexity index is 1230. The van der Waals surface area contributed by atoms with E-state index in [1.54, 1.807) is 7.11 Å². The molecule has 0 aliphatic carbocycles. The van der Waals surface area contributed by atoms with E-state index in [1.807, 2.05) is 62.4 Å². The third-order valence-corrected chi connectivity index (χ3v) is 7.01. The van der Waals surface area contributed by atoms with Crippen molar-refractivity contribution < 1.29 is 9.53 Å². The number of amidine groups is 1. The number of nitrogens with zero attached hydrogens (tertiary/aromatic N) is 2. The standard InChI is InChI=1S/C23H19BrClN3O2S/c1-13-10-15(14(2)28(13)17-6-9-19(24)20(25)12-17)11-21-22(29)27-23(31-21)26-16-4-7-18(30-3)8-5-16/h4-12H,1-3H3,(H,26,27,29)/b21-11+. The summed E-state index contributed by atoms with van der Waals surface area (Å²) < 4.78 is 8.13. The zero-order valence-electron chi connectivity index (χ0n) is 17.1. The van der Waals surface area contributed by atoms with Gasteiger partial charge in [-0.2, -0.15) is 0 Å². The monoisotopic (exact) mass is 515 g/mol. The minimum atomic E-state index is -0.159. The molecule has 2 heterocycles. The highest BCUT2D eigenvalue weighted by molar-refractivity contribution is 9.10. The van der Waals surface area contributed by atoms with E-state index in [0.717, 1.165) is 38.5 Å². The first kappa shape index (κ1) is 21.7. The van der Waals surface area contributed by atoms with Crippen LogP contribution in [0.1, 0.15) is 17.0 Å². The molecule has 0 radical (unpaired) electrons. The number of carbonyl (C=O) groups is 1. The van der Waals surface area contributed by atoms with Gasteiger partial charge < -0.3 is 14.6 Å². The Kier molecular flexibility index (Phi) is 6.27. The van der Waals surface area contributed by atoms with Crippen LogP contribution in [-0.4, -0.2) is 22.8 Å². The van der Waals surface area contributed by atoms with E-state index in [0.29, 0.717) is 15.1 Å². The fraction of sp³-hybridized carbons (Fsp3) is 0.130. The van der Waals surface area contributed by atoms with Gasteiger partial charge in [0, 0.05) is 21.5 Å². The lowest BCUT2D eigenvalue weighted by Crippen LogP contribution is -2.19. The molecule has 1 aliphatic heterocycles. The number of aryl methyl sites for hydroxylation is 1. The quantitative estimate of drug-likeness (QED) is 0.408. The highest BCUT2D eigenvalue weighted by Crippen LogP contribution is 2.32. The predicted octanol–water partition coefficient (Wildman–Crippen LogP) is 6.41. The van der Waals surface area contributed by atoms with Gasteiger partial charge in [0.05, 0.1) is 22.7 Å². The maximum Gasteiger partial charge on any atom is 0.264 e. The topological polar surface area (TPSA) is 55.6 Å². The molecule has 1 fully saturated rings. The van der Waals surface area contributed by atoms with E-state index < -0.39 is 0 Å². The summed E-state index contributed by atoms with van der Waals surface area (Å²) in [5, 5.41) is 4.03. The number of amides is 1. The first-order valence-corrected chi connectivity index (χ1v) is 11.4. The minimum Gasteiger partial charge on any atom is -0.497 e. The second-order valence-electron chi connectivity index (χ2n) is 6.94. The second kappa shape index (κ2) is 8.94. The number of ether oxygens (including phenoxy) is 1. The number of aliphatic imine (C=N–C) groups is 1. The Morgan fingerprint density at radius 1 is 1.16 bits per heavy atom. The van der Waals surface area contributed by atoms with E-state index >= 15 is 0 Å². The fourth-order valence-corrected chi connectivity index (χ4v) is 4.61. The molecule has 1 amide bonds. The van der Waals surface area contributed by atoms with Crippen LogP contribution in [0, 0.1) is 13.8 Å². The van der Waals surface area contributed by atoms with Gasteiger partial charge in [0.25, 0.3) is 5.91 Å². The van der Waals surface area contributed by atoms with Crippen LogP contribution in [0.5, 0.6) is 5.75 Å². The average molecular weight is 517 g/mol. The molecule has 158 valence electrons. The van der Waals surface area contributed by atoms with Crippen molar-refractivity contribution in [1.82, 2.24) is 9.88 Å². The van der Waals surface area contributed by atoms with Gasteiger partial charge >= 0.3 is 0 Å². The van der Waals surface area contributed by atoms with Crippen LogP contribution in [0.2, 0.25) is 5.02 Å². The fourth-order valence-electron chi connectivity index (χ4n) is 3.35. The molecule has 4 rings (SSSR count). The molecule has 0 atom stereocenters. The van der Waals surface area contributed by atoms with Crippen molar-refractivity contribution in [1.29, 1.82) is 0 Å². The number of thioether (sulfide) groups is 1. The number of benzene rings is 2. The Hall–Kier alpha value is -2.48. The lowest BCUT2D eigenvalue weighted by molar-refractivity contribution is -0.115. The number of hydrogen-bond donors (Lipinski definition) is 1. The summed E-state index contributed by atoms with van der Waals surface area (Å²) in [5.74, 6) is 0.601. The number of carbonyl (C=O) groups excluding carboxylic acids is 1. The van der Waals surface area contributed by atoms with Gasteiger partial charge in [-0.1, -0.05) is 11.6 Å². The Balaban J connectivity index is 1.62. The number of rotatable bonds is 4. The Morgan fingerprint density at radius 3 is 2.58 bits per heavy atom. The molecule has 0 spiro atoms. The van der Waals surface area contributed by atoms with Gasteiger partial charge in [0.1, 0.15) is 5.75 Å². The van der Waals surface area contributed by atoms with Gasteiger partial charge in [0.15, 0.2) is 5.17 Å². The Morgan fingerprint density at radius 2 is 1.90 bits per heavy atom. The van der Waals surface area contributed by atoms with Gasteiger partial charge in [-0.05, 0) is 102 Å². The average Bonchev–Trinajstić information content (AvgIpc) is 3.23.